The minimum absolute atomic E-state index is 0.0529. The first kappa shape index (κ1) is 12.2. The maximum atomic E-state index is 10.6. The molecule has 0 unspecified atom stereocenters. The highest BCUT2D eigenvalue weighted by molar-refractivity contribution is 8.13. The molecule has 1 rings (SSSR count). The Kier molecular flexibility index (Phi) is 5.00. The second-order valence-electron chi connectivity index (χ2n) is 2.82. The Balaban J connectivity index is 2.69. The van der Waals surface area contributed by atoms with Crippen LogP contribution in [0.3, 0.4) is 0 Å². The lowest BCUT2D eigenvalue weighted by Crippen LogP contribution is -1.82. The molecule has 0 spiro atoms. The number of thioether (sulfide) groups is 1. The fourth-order valence-corrected chi connectivity index (χ4v) is 1.32. The van der Waals surface area contributed by atoms with Crippen LogP contribution in [0.1, 0.15) is 12.5 Å². The summed E-state index contributed by atoms with van der Waals surface area (Å²) in [6, 6.07) is 6.99. The zero-order valence-corrected chi connectivity index (χ0v) is 9.49. The van der Waals surface area contributed by atoms with Crippen molar-refractivity contribution in [1.29, 1.82) is 0 Å². The van der Waals surface area contributed by atoms with Crippen molar-refractivity contribution >= 4 is 22.6 Å². The van der Waals surface area contributed by atoms with E-state index in [2.05, 4.69) is 21.9 Å². The summed E-state index contributed by atoms with van der Waals surface area (Å²) < 4.78 is 0. The summed E-state index contributed by atoms with van der Waals surface area (Å²) in [5, 5.41) is 3.53. The van der Waals surface area contributed by atoms with E-state index in [9.17, 15) is 4.79 Å². The average molecular weight is 231 g/mol. The van der Waals surface area contributed by atoms with Crippen molar-refractivity contribution in [3.8, 4) is 11.8 Å². The van der Waals surface area contributed by atoms with Crippen molar-refractivity contribution in [2.24, 2.45) is 5.11 Å². The van der Waals surface area contributed by atoms with Crippen LogP contribution < -0.4 is 0 Å². The van der Waals surface area contributed by atoms with Crippen molar-refractivity contribution in [1.82, 2.24) is 0 Å². The van der Waals surface area contributed by atoms with Crippen molar-refractivity contribution in [2.75, 3.05) is 5.75 Å². The topological polar surface area (TPSA) is 65.8 Å². The monoisotopic (exact) mass is 231 g/mol. The summed E-state index contributed by atoms with van der Waals surface area (Å²) in [6.45, 7) is 1.51. The molecule has 0 heterocycles. The molecule has 0 aromatic heterocycles. The van der Waals surface area contributed by atoms with Crippen molar-refractivity contribution in [3.63, 3.8) is 0 Å². The molecule has 4 nitrogen and oxygen atoms in total. The van der Waals surface area contributed by atoms with Gasteiger partial charge in [-0.25, -0.2) is 0 Å². The maximum absolute atomic E-state index is 10.6. The summed E-state index contributed by atoms with van der Waals surface area (Å²) in [6.07, 6.45) is 0. The van der Waals surface area contributed by atoms with Crippen molar-refractivity contribution < 1.29 is 4.79 Å². The number of nitrogens with zero attached hydrogens (tertiary/aromatic N) is 3. The molecule has 0 saturated carbocycles. The van der Waals surface area contributed by atoms with E-state index in [1.54, 1.807) is 18.2 Å². The molecule has 0 saturated heterocycles. The number of carbonyl (C=O) groups excluding carboxylic acids is 1. The predicted molar refractivity (Wildman–Crippen MR) is 65.3 cm³/mol. The predicted octanol–water partition coefficient (Wildman–Crippen LogP) is 3.26. The van der Waals surface area contributed by atoms with E-state index in [1.165, 1.54) is 18.7 Å². The van der Waals surface area contributed by atoms with Crippen LogP contribution in [0, 0.1) is 11.8 Å². The zero-order valence-electron chi connectivity index (χ0n) is 8.67. The minimum atomic E-state index is 0.0529. The van der Waals surface area contributed by atoms with Gasteiger partial charge in [0.25, 0.3) is 0 Å². The highest BCUT2D eigenvalue weighted by Crippen LogP contribution is 2.13. The van der Waals surface area contributed by atoms with Crippen LogP contribution in [0.2, 0.25) is 0 Å². The quantitative estimate of drug-likeness (QED) is 0.339. The molecule has 80 valence electrons. The summed E-state index contributed by atoms with van der Waals surface area (Å²) in [5.74, 6) is 6.23. The SMILES string of the molecule is CC(=O)SCC#Cc1cccc(N=[N+]=[N-])c1. The molecule has 0 atom stereocenters. The van der Waals surface area contributed by atoms with Crippen LogP contribution in [-0.2, 0) is 4.79 Å². The average Bonchev–Trinajstić information content (AvgIpc) is 2.25. The molecule has 16 heavy (non-hydrogen) atoms. The fraction of sp³-hybridized carbons (Fsp3) is 0.182. The van der Waals surface area contributed by atoms with Crippen molar-refractivity contribution in [3.05, 3.63) is 40.3 Å². The van der Waals surface area contributed by atoms with Crippen LogP contribution in [0.4, 0.5) is 5.69 Å². The van der Waals surface area contributed by atoms with Crippen molar-refractivity contribution in [2.45, 2.75) is 6.92 Å². The molecule has 0 fully saturated rings. The van der Waals surface area contributed by atoms with Crippen LogP contribution in [0.5, 0.6) is 0 Å². The van der Waals surface area contributed by atoms with Gasteiger partial charge in [0.1, 0.15) is 0 Å². The minimum Gasteiger partial charge on any atom is -0.288 e. The number of rotatable bonds is 2. The van der Waals surface area contributed by atoms with Gasteiger partial charge in [-0.1, -0.05) is 40.8 Å². The van der Waals surface area contributed by atoms with Gasteiger partial charge in [0.15, 0.2) is 5.12 Å². The highest BCUT2D eigenvalue weighted by atomic mass is 32.2. The summed E-state index contributed by atoms with van der Waals surface area (Å²) >= 11 is 1.17. The molecule has 0 aliphatic rings. The maximum Gasteiger partial charge on any atom is 0.186 e. The Bertz CT molecular complexity index is 495. The van der Waals surface area contributed by atoms with Gasteiger partial charge < -0.3 is 0 Å². The van der Waals surface area contributed by atoms with Crippen LogP contribution >= 0.6 is 11.8 Å². The second-order valence-corrected chi connectivity index (χ2v) is 3.97. The lowest BCUT2D eigenvalue weighted by atomic mass is 10.2. The van der Waals surface area contributed by atoms with E-state index in [0.29, 0.717) is 11.4 Å². The van der Waals surface area contributed by atoms with Crippen LogP contribution in [0.25, 0.3) is 10.4 Å². The summed E-state index contributed by atoms with van der Waals surface area (Å²) in [5.41, 5.74) is 9.58. The van der Waals surface area contributed by atoms with Gasteiger partial charge in [-0.2, -0.15) is 0 Å². The molecule has 0 aliphatic carbocycles. The molecular weight excluding hydrogens is 222 g/mol. The van der Waals surface area contributed by atoms with Gasteiger partial charge in [-0.15, -0.1) is 0 Å². The first-order chi connectivity index (χ1) is 7.72. The van der Waals surface area contributed by atoms with Crippen LogP contribution in [-0.4, -0.2) is 10.9 Å². The molecule has 0 aliphatic heterocycles. The largest absolute Gasteiger partial charge is 0.288 e. The lowest BCUT2D eigenvalue weighted by molar-refractivity contribution is -0.109. The molecule has 0 amide bonds. The van der Waals surface area contributed by atoms with E-state index in [4.69, 9.17) is 5.53 Å². The smallest absolute Gasteiger partial charge is 0.186 e. The highest BCUT2D eigenvalue weighted by Gasteiger charge is 1.91. The number of azide groups is 1. The van der Waals surface area contributed by atoms with E-state index in [1.807, 2.05) is 6.07 Å². The Morgan fingerprint density at radius 1 is 1.62 bits per heavy atom. The fourth-order valence-electron chi connectivity index (χ4n) is 0.973. The van der Waals surface area contributed by atoms with Gasteiger partial charge >= 0.3 is 0 Å². The van der Waals surface area contributed by atoms with E-state index >= 15 is 0 Å². The van der Waals surface area contributed by atoms with Gasteiger partial charge in [0, 0.05) is 23.1 Å². The first-order valence-electron chi connectivity index (χ1n) is 4.50. The molecule has 1 aromatic rings. The molecule has 0 N–H and O–H groups in total. The van der Waals surface area contributed by atoms with Gasteiger partial charge in [0.2, 0.25) is 0 Å². The Labute approximate surface area is 97.7 Å². The standard InChI is InChI=1S/C11H9N3OS/c1-9(15)16-7-3-5-10-4-2-6-11(8-10)13-14-12/h2,4,6,8H,7H2,1H3. The normalized spacial score (nSPS) is 8.56. The third-order valence-electron chi connectivity index (χ3n) is 1.59. The van der Waals surface area contributed by atoms with E-state index in [-0.39, 0.29) is 5.12 Å². The lowest BCUT2D eigenvalue weighted by Gasteiger charge is -1.92. The molecule has 5 heteroatoms. The third-order valence-corrected chi connectivity index (χ3v) is 2.28. The molecular formula is C11H9N3OS. The number of benzene rings is 1. The summed E-state index contributed by atoms with van der Waals surface area (Å²) in [7, 11) is 0. The molecule has 0 radical (unpaired) electrons. The van der Waals surface area contributed by atoms with Gasteiger partial charge in [-0.3, -0.25) is 4.79 Å². The van der Waals surface area contributed by atoms with E-state index < -0.39 is 0 Å². The molecule has 0 bridgehead atoms. The number of hydrogen-bond acceptors (Lipinski definition) is 3. The van der Waals surface area contributed by atoms with Gasteiger partial charge in [-0.05, 0) is 17.7 Å². The van der Waals surface area contributed by atoms with Crippen LogP contribution in [0.15, 0.2) is 29.4 Å². The first-order valence-corrected chi connectivity index (χ1v) is 5.48. The Morgan fingerprint density at radius 3 is 3.12 bits per heavy atom. The summed E-state index contributed by atoms with van der Waals surface area (Å²) in [4.78, 5) is 13.3. The zero-order chi connectivity index (χ0) is 11.8. The number of hydrogen-bond donors (Lipinski definition) is 0. The van der Waals surface area contributed by atoms with E-state index in [0.717, 1.165) is 5.56 Å². The second kappa shape index (κ2) is 6.57. The third kappa shape index (κ3) is 4.56. The van der Waals surface area contributed by atoms with Gasteiger partial charge in [0.05, 0.1) is 5.75 Å². The molecule has 1 aromatic carbocycles. The Morgan fingerprint density at radius 2 is 2.44 bits per heavy atom. The Hall–Kier alpha value is -1.89. The number of carbonyl (C=O) groups is 1.